The van der Waals surface area contributed by atoms with Gasteiger partial charge in [0.05, 0.1) is 11.3 Å². The molecule has 2 amide bonds. The molecule has 0 aromatic heterocycles. The second-order valence-corrected chi connectivity index (χ2v) is 7.16. The number of carbonyl (C=O) groups excluding carboxylic acids is 2. The van der Waals surface area contributed by atoms with E-state index >= 15 is 0 Å². The van der Waals surface area contributed by atoms with E-state index in [2.05, 4.69) is 17.3 Å². The minimum atomic E-state index is -0.218. The standard InChI is InChI=1S/C23H23N3O2.ClH/c1-25-12-14-26(15-13-25)23(28)20-8-4-5-9-21(20)24-22(27)19-11-10-17-6-2-3-7-18(17)16-19;/h2-11,16H,12-15H2,1H3,(H,24,27);1H. The van der Waals surface area contributed by atoms with Crippen LogP contribution < -0.4 is 5.32 Å². The fraction of sp³-hybridized carbons (Fsp3) is 0.217. The van der Waals surface area contributed by atoms with E-state index in [0.717, 1.165) is 23.9 Å². The van der Waals surface area contributed by atoms with Crippen molar-refractivity contribution in [2.24, 2.45) is 0 Å². The number of nitrogens with zero attached hydrogens (tertiary/aromatic N) is 2. The lowest BCUT2D eigenvalue weighted by atomic mass is 10.1. The van der Waals surface area contributed by atoms with Gasteiger partial charge in [-0.15, -0.1) is 12.4 Å². The molecule has 4 rings (SSSR count). The van der Waals surface area contributed by atoms with Crippen LogP contribution >= 0.6 is 12.4 Å². The van der Waals surface area contributed by atoms with Crippen LogP contribution in [0.25, 0.3) is 10.8 Å². The van der Waals surface area contributed by atoms with E-state index in [-0.39, 0.29) is 24.2 Å². The fourth-order valence-corrected chi connectivity index (χ4v) is 3.48. The van der Waals surface area contributed by atoms with Gasteiger partial charge in [0.1, 0.15) is 0 Å². The normalized spacial score (nSPS) is 14.3. The van der Waals surface area contributed by atoms with E-state index in [0.29, 0.717) is 29.9 Å². The molecule has 3 aromatic carbocycles. The van der Waals surface area contributed by atoms with Crippen LogP contribution in [0.1, 0.15) is 20.7 Å². The number of likely N-dealkylation sites (N-methyl/N-ethyl adjacent to an activating group) is 1. The zero-order valence-electron chi connectivity index (χ0n) is 16.3. The molecule has 0 bridgehead atoms. The summed E-state index contributed by atoms with van der Waals surface area (Å²) in [5.74, 6) is -0.258. The van der Waals surface area contributed by atoms with Crippen LogP contribution in [0.2, 0.25) is 0 Å². The minimum absolute atomic E-state index is 0. The van der Waals surface area contributed by atoms with Gasteiger partial charge in [0.15, 0.2) is 0 Å². The van der Waals surface area contributed by atoms with Crippen LogP contribution in [-0.4, -0.2) is 54.8 Å². The molecular weight excluding hydrogens is 386 g/mol. The van der Waals surface area contributed by atoms with Gasteiger partial charge in [0.2, 0.25) is 0 Å². The lowest BCUT2D eigenvalue weighted by Crippen LogP contribution is -2.47. The molecule has 1 N–H and O–H groups in total. The smallest absolute Gasteiger partial charge is 0.256 e. The van der Waals surface area contributed by atoms with E-state index in [1.165, 1.54) is 0 Å². The Bertz CT molecular complexity index is 1030. The lowest BCUT2D eigenvalue weighted by Gasteiger charge is -2.32. The second-order valence-electron chi connectivity index (χ2n) is 7.16. The average molecular weight is 410 g/mol. The van der Waals surface area contributed by atoms with Crippen LogP contribution in [0.4, 0.5) is 5.69 Å². The Kier molecular flexibility index (Phi) is 6.52. The molecule has 1 aliphatic heterocycles. The highest BCUT2D eigenvalue weighted by Gasteiger charge is 2.23. The molecule has 0 saturated carbocycles. The molecule has 0 atom stereocenters. The molecule has 1 saturated heterocycles. The SMILES string of the molecule is CN1CCN(C(=O)c2ccccc2NC(=O)c2ccc3ccccc3c2)CC1.Cl. The summed E-state index contributed by atoms with van der Waals surface area (Å²) in [6.07, 6.45) is 0. The number of hydrogen-bond donors (Lipinski definition) is 1. The van der Waals surface area contributed by atoms with Crippen LogP contribution in [0.5, 0.6) is 0 Å². The molecule has 0 radical (unpaired) electrons. The van der Waals surface area contributed by atoms with E-state index in [4.69, 9.17) is 0 Å². The highest BCUT2D eigenvalue weighted by atomic mass is 35.5. The highest BCUT2D eigenvalue weighted by Crippen LogP contribution is 2.21. The van der Waals surface area contributed by atoms with Crippen LogP contribution in [0, 0.1) is 0 Å². The third-order valence-corrected chi connectivity index (χ3v) is 5.21. The van der Waals surface area contributed by atoms with Crippen molar-refractivity contribution in [1.29, 1.82) is 0 Å². The number of piperazine rings is 1. The van der Waals surface area contributed by atoms with Gasteiger partial charge in [0, 0.05) is 31.7 Å². The van der Waals surface area contributed by atoms with Gasteiger partial charge in [-0.25, -0.2) is 0 Å². The van der Waals surface area contributed by atoms with Crippen LogP contribution in [-0.2, 0) is 0 Å². The molecule has 1 heterocycles. The first-order valence-electron chi connectivity index (χ1n) is 9.49. The fourth-order valence-electron chi connectivity index (χ4n) is 3.48. The first-order valence-corrected chi connectivity index (χ1v) is 9.49. The van der Waals surface area contributed by atoms with E-state index in [1.807, 2.05) is 59.5 Å². The van der Waals surface area contributed by atoms with Crippen molar-refractivity contribution in [1.82, 2.24) is 9.80 Å². The highest BCUT2D eigenvalue weighted by molar-refractivity contribution is 6.10. The Labute approximate surface area is 176 Å². The van der Waals surface area contributed by atoms with Crippen molar-refractivity contribution in [3.8, 4) is 0 Å². The number of hydrogen-bond acceptors (Lipinski definition) is 3. The van der Waals surface area contributed by atoms with E-state index < -0.39 is 0 Å². The Morgan fingerprint density at radius 2 is 1.48 bits per heavy atom. The monoisotopic (exact) mass is 409 g/mol. The van der Waals surface area contributed by atoms with Gasteiger partial charge < -0.3 is 15.1 Å². The van der Waals surface area contributed by atoms with Gasteiger partial charge in [0.25, 0.3) is 11.8 Å². The summed E-state index contributed by atoms with van der Waals surface area (Å²) in [6, 6.07) is 20.8. The quantitative estimate of drug-likeness (QED) is 0.713. The van der Waals surface area contributed by atoms with Gasteiger partial charge in [-0.3, -0.25) is 9.59 Å². The minimum Gasteiger partial charge on any atom is -0.336 e. The van der Waals surface area contributed by atoms with Crippen molar-refractivity contribution in [3.63, 3.8) is 0 Å². The number of rotatable bonds is 3. The number of carbonyl (C=O) groups is 2. The molecule has 0 spiro atoms. The Balaban J connectivity index is 0.00000240. The summed E-state index contributed by atoms with van der Waals surface area (Å²) in [6.45, 7) is 3.11. The number of amides is 2. The summed E-state index contributed by atoms with van der Waals surface area (Å²) in [5.41, 5.74) is 1.64. The van der Waals surface area contributed by atoms with E-state index in [9.17, 15) is 9.59 Å². The molecule has 150 valence electrons. The summed E-state index contributed by atoms with van der Waals surface area (Å²) in [5, 5.41) is 5.02. The summed E-state index contributed by atoms with van der Waals surface area (Å²) < 4.78 is 0. The number of benzene rings is 3. The predicted octanol–water partition coefficient (Wildman–Crippen LogP) is 3.90. The van der Waals surface area contributed by atoms with E-state index in [1.54, 1.807) is 12.1 Å². The first kappa shape index (κ1) is 20.8. The number of fused-ring (bicyclic) bond motifs is 1. The third kappa shape index (κ3) is 4.58. The molecule has 1 fully saturated rings. The second kappa shape index (κ2) is 9.07. The van der Waals surface area contributed by atoms with Gasteiger partial charge in [-0.1, -0.05) is 42.5 Å². The van der Waals surface area contributed by atoms with Crippen molar-refractivity contribution in [3.05, 3.63) is 77.9 Å². The van der Waals surface area contributed by atoms with Gasteiger partial charge in [-0.2, -0.15) is 0 Å². The maximum atomic E-state index is 13.0. The average Bonchev–Trinajstić information content (AvgIpc) is 2.74. The van der Waals surface area contributed by atoms with Crippen molar-refractivity contribution < 1.29 is 9.59 Å². The van der Waals surface area contributed by atoms with Gasteiger partial charge >= 0.3 is 0 Å². The number of nitrogens with one attached hydrogen (secondary N) is 1. The molecule has 0 aliphatic carbocycles. The predicted molar refractivity (Wildman–Crippen MR) is 119 cm³/mol. The number of anilines is 1. The van der Waals surface area contributed by atoms with Crippen molar-refractivity contribution >= 4 is 40.7 Å². The summed E-state index contributed by atoms with van der Waals surface area (Å²) in [4.78, 5) is 29.8. The molecule has 0 unspecified atom stereocenters. The number of para-hydroxylation sites is 1. The lowest BCUT2D eigenvalue weighted by molar-refractivity contribution is 0.0665. The maximum absolute atomic E-state index is 13.0. The zero-order valence-corrected chi connectivity index (χ0v) is 17.1. The Morgan fingerprint density at radius 3 is 2.24 bits per heavy atom. The summed E-state index contributed by atoms with van der Waals surface area (Å²) in [7, 11) is 2.06. The van der Waals surface area contributed by atoms with Crippen LogP contribution in [0.15, 0.2) is 66.7 Å². The molecule has 5 nitrogen and oxygen atoms in total. The van der Waals surface area contributed by atoms with Crippen molar-refractivity contribution in [2.45, 2.75) is 0 Å². The molecular formula is C23H24ClN3O2. The summed E-state index contributed by atoms with van der Waals surface area (Å²) >= 11 is 0. The Hall–Kier alpha value is -2.89. The molecule has 29 heavy (non-hydrogen) atoms. The molecule has 1 aliphatic rings. The largest absolute Gasteiger partial charge is 0.336 e. The molecule has 6 heteroatoms. The zero-order chi connectivity index (χ0) is 19.5. The molecule has 3 aromatic rings. The Morgan fingerprint density at radius 1 is 0.828 bits per heavy atom. The van der Waals surface area contributed by atoms with Crippen molar-refractivity contribution in [2.75, 3.05) is 38.5 Å². The number of halogens is 1. The van der Waals surface area contributed by atoms with Gasteiger partial charge in [-0.05, 0) is 42.1 Å². The first-order chi connectivity index (χ1) is 13.6. The third-order valence-electron chi connectivity index (χ3n) is 5.21. The topological polar surface area (TPSA) is 52.6 Å². The maximum Gasteiger partial charge on any atom is 0.256 e. The van der Waals surface area contributed by atoms with Crippen LogP contribution in [0.3, 0.4) is 0 Å².